The largest absolute Gasteiger partial charge is 0.364 e. The van der Waals surface area contributed by atoms with Gasteiger partial charge in [0.15, 0.2) is 0 Å². The quantitative estimate of drug-likeness (QED) is 0.645. The van der Waals surface area contributed by atoms with Gasteiger partial charge >= 0.3 is 0 Å². The van der Waals surface area contributed by atoms with Crippen LogP contribution in [0.4, 0.5) is 0 Å². The van der Waals surface area contributed by atoms with Crippen LogP contribution >= 0.6 is 0 Å². The Bertz CT molecular complexity index is 216. The molecule has 0 aliphatic heterocycles. The van der Waals surface area contributed by atoms with Crippen LogP contribution in [0, 0.1) is 0 Å². The maximum absolute atomic E-state index is 3.41. The van der Waals surface area contributed by atoms with Gasteiger partial charge in [-0.05, 0) is 52.2 Å². The molecule has 1 aromatic heterocycles. The highest BCUT2D eigenvalue weighted by Crippen LogP contribution is 1.94. The van der Waals surface area contributed by atoms with Crippen molar-refractivity contribution in [3.63, 3.8) is 0 Å². The highest BCUT2D eigenvalue weighted by molar-refractivity contribution is 5.02. The first-order valence-electron chi connectivity index (χ1n) is 5.27. The van der Waals surface area contributed by atoms with Gasteiger partial charge in [0.25, 0.3) is 0 Å². The molecule has 0 amide bonds. The van der Waals surface area contributed by atoms with Crippen molar-refractivity contribution in [1.82, 2.24) is 15.2 Å². The fourth-order valence-corrected chi connectivity index (χ4v) is 1.38. The van der Waals surface area contributed by atoms with Crippen molar-refractivity contribution >= 4 is 0 Å². The fraction of sp³-hybridized carbons (Fsp3) is 0.636. The minimum Gasteiger partial charge on any atom is -0.364 e. The summed E-state index contributed by atoms with van der Waals surface area (Å²) in [5.41, 5.74) is 1.26. The highest BCUT2D eigenvalue weighted by atomic mass is 15.0. The van der Waals surface area contributed by atoms with Gasteiger partial charge in [-0.3, -0.25) is 0 Å². The average molecular weight is 195 g/mol. The van der Waals surface area contributed by atoms with E-state index < -0.39 is 0 Å². The predicted molar refractivity (Wildman–Crippen MR) is 60.3 cm³/mol. The Morgan fingerprint density at radius 3 is 2.86 bits per heavy atom. The third-order valence-electron chi connectivity index (χ3n) is 2.19. The molecular weight excluding hydrogens is 174 g/mol. The lowest BCUT2D eigenvalue weighted by atomic mass is 10.3. The van der Waals surface area contributed by atoms with E-state index >= 15 is 0 Å². The summed E-state index contributed by atoms with van der Waals surface area (Å²) in [6, 6.07) is 4.13. The number of hydrogen-bond donors (Lipinski definition) is 2. The summed E-state index contributed by atoms with van der Waals surface area (Å²) in [6.45, 7) is 3.24. The van der Waals surface area contributed by atoms with Crippen molar-refractivity contribution in [2.75, 3.05) is 27.2 Å². The van der Waals surface area contributed by atoms with E-state index in [-0.39, 0.29) is 0 Å². The molecule has 2 N–H and O–H groups in total. The van der Waals surface area contributed by atoms with E-state index in [1.807, 2.05) is 12.3 Å². The van der Waals surface area contributed by atoms with E-state index in [4.69, 9.17) is 0 Å². The van der Waals surface area contributed by atoms with E-state index in [1.54, 1.807) is 0 Å². The zero-order chi connectivity index (χ0) is 10.2. The minimum atomic E-state index is 0.953. The molecule has 0 aliphatic carbocycles. The topological polar surface area (TPSA) is 31.1 Å². The molecule has 1 heterocycles. The lowest BCUT2D eigenvalue weighted by Gasteiger charge is -2.08. The van der Waals surface area contributed by atoms with E-state index in [0.29, 0.717) is 0 Å². The smallest absolute Gasteiger partial charge is 0.0357 e. The van der Waals surface area contributed by atoms with Gasteiger partial charge in [0, 0.05) is 18.4 Å². The number of rotatable bonds is 7. The van der Waals surface area contributed by atoms with Crippen LogP contribution in [0.5, 0.6) is 0 Å². The number of unbranched alkanes of at least 4 members (excludes halogenated alkanes) is 1. The SMILES string of the molecule is CN(C)CCCCNCc1ccc[nH]1. The summed E-state index contributed by atoms with van der Waals surface area (Å²) in [6.07, 6.45) is 4.48. The molecule has 0 aromatic carbocycles. The Labute approximate surface area is 86.5 Å². The number of nitrogens with one attached hydrogen (secondary N) is 2. The maximum atomic E-state index is 3.41. The first-order chi connectivity index (χ1) is 6.79. The third-order valence-corrected chi connectivity index (χ3v) is 2.19. The Balaban J connectivity index is 1.90. The van der Waals surface area contributed by atoms with Gasteiger partial charge < -0.3 is 15.2 Å². The van der Waals surface area contributed by atoms with Crippen molar-refractivity contribution in [1.29, 1.82) is 0 Å². The Morgan fingerprint density at radius 1 is 1.36 bits per heavy atom. The molecule has 0 aliphatic rings. The number of H-pyrrole nitrogens is 1. The molecule has 80 valence electrons. The second kappa shape index (κ2) is 6.62. The van der Waals surface area contributed by atoms with Crippen molar-refractivity contribution in [3.8, 4) is 0 Å². The van der Waals surface area contributed by atoms with Crippen LogP contribution in [-0.4, -0.2) is 37.1 Å². The van der Waals surface area contributed by atoms with Gasteiger partial charge in [-0.1, -0.05) is 0 Å². The van der Waals surface area contributed by atoms with E-state index in [1.165, 1.54) is 25.1 Å². The van der Waals surface area contributed by atoms with Gasteiger partial charge in [0.05, 0.1) is 0 Å². The minimum absolute atomic E-state index is 0.953. The predicted octanol–water partition coefficient (Wildman–Crippen LogP) is 1.45. The van der Waals surface area contributed by atoms with Crippen LogP contribution in [-0.2, 0) is 6.54 Å². The summed E-state index contributed by atoms with van der Waals surface area (Å²) in [7, 11) is 4.23. The third kappa shape index (κ3) is 5.04. The molecule has 0 saturated carbocycles. The monoisotopic (exact) mass is 195 g/mol. The second-order valence-electron chi connectivity index (χ2n) is 3.88. The van der Waals surface area contributed by atoms with Gasteiger partial charge in [-0.15, -0.1) is 0 Å². The molecule has 0 bridgehead atoms. The summed E-state index contributed by atoms with van der Waals surface area (Å²) in [4.78, 5) is 5.40. The first-order valence-corrected chi connectivity index (χ1v) is 5.27. The highest BCUT2D eigenvalue weighted by Gasteiger charge is 1.93. The van der Waals surface area contributed by atoms with E-state index in [2.05, 4.69) is 35.4 Å². The van der Waals surface area contributed by atoms with Gasteiger partial charge in [-0.2, -0.15) is 0 Å². The molecule has 1 rings (SSSR count). The molecule has 0 spiro atoms. The Hall–Kier alpha value is -0.800. The molecule has 3 heteroatoms. The lowest BCUT2D eigenvalue weighted by Crippen LogP contribution is -2.18. The normalized spacial score (nSPS) is 11.1. The number of nitrogens with zero attached hydrogens (tertiary/aromatic N) is 1. The second-order valence-corrected chi connectivity index (χ2v) is 3.88. The Morgan fingerprint density at radius 2 is 2.21 bits per heavy atom. The molecule has 0 atom stereocenters. The molecule has 14 heavy (non-hydrogen) atoms. The van der Waals surface area contributed by atoms with Gasteiger partial charge in [0.1, 0.15) is 0 Å². The molecule has 3 nitrogen and oxygen atoms in total. The summed E-state index contributed by atoms with van der Waals surface area (Å²) < 4.78 is 0. The zero-order valence-corrected chi connectivity index (χ0v) is 9.21. The molecule has 0 fully saturated rings. The first kappa shape index (κ1) is 11.3. The van der Waals surface area contributed by atoms with Crippen LogP contribution in [0.3, 0.4) is 0 Å². The molecular formula is C11H21N3. The Kier molecular flexibility index (Phi) is 5.33. The van der Waals surface area contributed by atoms with Crippen LogP contribution in [0.15, 0.2) is 18.3 Å². The molecule has 1 aromatic rings. The molecule has 0 saturated heterocycles. The lowest BCUT2D eigenvalue weighted by molar-refractivity contribution is 0.391. The van der Waals surface area contributed by atoms with Crippen molar-refractivity contribution in [2.45, 2.75) is 19.4 Å². The summed E-state index contributed by atoms with van der Waals surface area (Å²) in [5.74, 6) is 0. The summed E-state index contributed by atoms with van der Waals surface area (Å²) in [5, 5.41) is 3.41. The number of aromatic nitrogens is 1. The maximum Gasteiger partial charge on any atom is 0.0357 e. The summed E-state index contributed by atoms with van der Waals surface area (Å²) >= 11 is 0. The van der Waals surface area contributed by atoms with Crippen LogP contribution in [0.2, 0.25) is 0 Å². The number of hydrogen-bond acceptors (Lipinski definition) is 2. The fourth-order valence-electron chi connectivity index (χ4n) is 1.38. The van der Waals surface area contributed by atoms with Crippen molar-refractivity contribution in [2.24, 2.45) is 0 Å². The van der Waals surface area contributed by atoms with Gasteiger partial charge in [-0.25, -0.2) is 0 Å². The van der Waals surface area contributed by atoms with Crippen molar-refractivity contribution < 1.29 is 0 Å². The number of aromatic amines is 1. The molecule has 0 unspecified atom stereocenters. The zero-order valence-electron chi connectivity index (χ0n) is 9.21. The van der Waals surface area contributed by atoms with Crippen LogP contribution < -0.4 is 5.32 Å². The van der Waals surface area contributed by atoms with E-state index in [9.17, 15) is 0 Å². The van der Waals surface area contributed by atoms with Gasteiger partial charge in [0.2, 0.25) is 0 Å². The van der Waals surface area contributed by atoms with Crippen LogP contribution in [0.25, 0.3) is 0 Å². The van der Waals surface area contributed by atoms with Crippen LogP contribution in [0.1, 0.15) is 18.5 Å². The standard InChI is InChI=1S/C11H21N3/c1-14(2)9-4-3-7-12-10-11-6-5-8-13-11/h5-6,8,12-13H,3-4,7,9-10H2,1-2H3. The van der Waals surface area contributed by atoms with E-state index in [0.717, 1.165) is 13.1 Å². The molecule has 0 radical (unpaired) electrons. The average Bonchev–Trinajstić information content (AvgIpc) is 2.63. The van der Waals surface area contributed by atoms with Crippen molar-refractivity contribution in [3.05, 3.63) is 24.0 Å².